The molecule has 0 amide bonds. The molecule has 1 aliphatic rings. The molecule has 0 radical (unpaired) electrons. The highest BCUT2D eigenvalue weighted by molar-refractivity contribution is 6.62. The fourth-order valence-corrected chi connectivity index (χ4v) is 6.85. The van der Waals surface area contributed by atoms with E-state index in [1.54, 1.807) is 0 Å². The molecular weight excluding hydrogens is 318 g/mol. The molecule has 1 aromatic carbocycles. The van der Waals surface area contributed by atoms with Gasteiger partial charge >= 0.3 is 8.80 Å². The third-order valence-electron chi connectivity index (χ3n) is 4.54. The number of hydrogen-bond acceptors (Lipinski definition) is 4. The lowest BCUT2D eigenvalue weighted by molar-refractivity contribution is 0.0329. The average molecular weight is 352 g/mol. The predicted molar refractivity (Wildman–Crippen MR) is 99.7 cm³/mol. The summed E-state index contributed by atoms with van der Waals surface area (Å²) < 4.78 is 18.7. The molecule has 5 heteroatoms. The second-order valence-corrected chi connectivity index (χ2v) is 8.96. The van der Waals surface area contributed by atoms with Crippen molar-refractivity contribution < 1.29 is 13.3 Å². The number of likely N-dealkylation sites (tertiary alicyclic amines) is 1. The summed E-state index contributed by atoms with van der Waals surface area (Å²) in [5.74, 6) is 0. The van der Waals surface area contributed by atoms with Crippen molar-refractivity contribution in [1.82, 2.24) is 4.90 Å². The van der Waals surface area contributed by atoms with Crippen molar-refractivity contribution in [3.8, 4) is 0 Å². The van der Waals surface area contributed by atoms with Crippen LogP contribution in [0.15, 0.2) is 30.3 Å². The monoisotopic (exact) mass is 351 g/mol. The van der Waals surface area contributed by atoms with Gasteiger partial charge in [0.1, 0.15) is 0 Å². The normalized spacial score (nSPS) is 20.0. The number of nitrogens with zero attached hydrogens (tertiary/aromatic N) is 1. The van der Waals surface area contributed by atoms with Gasteiger partial charge in [-0.1, -0.05) is 43.2 Å². The Kier molecular flexibility index (Phi) is 8.42. The Labute approximate surface area is 148 Å². The van der Waals surface area contributed by atoms with Crippen LogP contribution in [0.1, 0.15) is 52.0 Å². The van der Waals surface area contributed by atoms with Crippen LogP contribution in [-0.2, 0) is 19.8 Å². The van der Waals surface area contributed by atoms with E-state index in [-0.39, 0.29) is 5.67 Å². The number of rotatable bonds is 9. The van der Waals surface area contributed by atoms with Gasteiger partial charge in [0.2, 0.25) is 0 Å². The van der Waals surface area contributed by atoms with Crippen molar-refractivity contribution in [3.63, 3.8) is 0 Å². The smallest absolute Gasteiger partial charge is 0.373 e. The Morgan fingerprint density at radius 3 is 2.12 bits per heavy atom. The van der Waals surface area contributed by atoms with Gasteiger partial charge in [-0.05, 0) is 45.7 Å². The second kappa shape index (κ2) is 10.3. The van der Waals surface area contributed by atoms with Crippen LogP contribution in [-0.4, -0.2) is 45.7 Å². The van der Waals surface area contributed by atoms with Crippen LogP contribution in [0.4, 0.5) is 0 Å². The molecule has 0 saturated carbocycles. The van der Waals surface area contributed by atoms with Crippen molar-refractivity contribution in [1.29, 1.82) is 0 Å². The molecular formula is C19H33NO3Si. The van der Waals surface area contributed by atoms with E-state index in [4.69, 9.17) is 13.3 Å². The predicted octanol–water partition coefficient (Wildman–Crippen LogP) is 4.02. The van der Waals surface area contributed by atoms with Gasteiger partial charge in [0.05, 0.1) is 5.67 Å². The maximum atomic E-state index is 6.23. The van der Waals surface area contributed by atoms with E-state index in [1.165, 1.54) is 24.8 Å². The fraction of sp³-hybridized carbons (Fsp3) is 0.684. The lowest BCUT2D eigenvalue weighted by Gasteiger charge is -2.40. The molecule has 0 aromatic heterocycles. The van der Waals surface area contributed by atoms with Gasteiger partial charge < -0.3 is 13.3 Å². The van der Waals surface area contributed by atoms with Gasteiger partial charge in [-0.3, -0.25) is 4.90 Å². The average Bonchev–Trinajstić information content (AvgIpc) is 2.82. The van der Waals surface area contributed by atoms with Crippen LogP contribution in [0.25, 0.3) is 0 Å². The van der Waals surface area contributed by atoms with E-state index in [9.17, 15) is 0 Å². The molecule has 136 valence electrons. The maximum absolute atomic E-state index is 6.23. The minimum Gasteiger partial charge on any atom is -0.373 e. The second-order valence-electron chi connectivity index (χ2n) is 6.22. The third kappa shape index (κ3) is 5.13. The first-order valence-electron chi connectivity index (χ1n) is 9.45. The Morgan fingerprint density at radius 2 is 1.54 bits per heavy atom. The zero-order chi connectivity index (χ0) is 17.3. The van der Waals surface area contributed by atoms with Gasteiger partial charge in [-0.25, -0.2) is 0 Å². The highest BCUT2D eigenvalue weighted by Crippen LogP contribution is 2.29. The first-order chi connectivity index (χ1) is 11.8. The molecule has 1 atom stereocenters. The lowest BCUT2D eigenvalue weighted by Crippen LogP contribution is -2.62. The Balaban J connectivity index is 2.26. The molecule has 1 saturated heterocycles. The molecule has 2 rings (SSSR count). The SMILES string of the molecule is CCO[Si](OCC)(OCC)C1CCCCCN1Cc1ccccc1. The summed E-state index contributed by atoms with van der Waals surface area (Å²) in [5.41, 5.74) is 1.59. The Bertz CT molecular complexity index is 440. The van der Waals surface area contributed by atoms with Crippen molar-refractivity contribution in [3.05, 3.63) is 35.9 Å². The number of hydrogen-bond donors (Lipinski definition) is 0. The van der Waals surface area contributed by atoms with Crippen LogP contribution in [0.3, 0.4) is 0 Å². The van der Waals surface area contributed by atoms with Crippen LogP contribution >= 0.6 is 0 Å². The Morgan fingerprint density at radius 1 is 0.917 bits per heavy atom. The summed E-state index contributed by atoms with van der Waals surface area (Å²) in [6, 6.07) is 10.7. The highest BCUT2D eigenvalue weighted by Gasteiger charge is 2.51. The first-order valence-corrected chi connectivity index (χ1v) is 11.3. The van der Waals surface area contributed by atoms with Crippen molar-refractivity contribution in [2.45, 2.75) is 58.7 Å². The minimum atomic E-state index is -2.72. The standard InChI is InChI=1S/C19H33NO3Si/c1-4-21-24(22-5-2,23-6-3)19-15-11-8-12-16-20(19)17-18-13-9-7-10-14-18/h7,9-10,13-14,19H,4-6,8,11-12,15-17H2,1-3H3. The van der Waals surface area contributed by atoms with Crippen molar-refractivity contribution in [2.24, 2.45) is 0 Å². The van der Waals surface area contributed by atoms with Crippen LogP contribution in [0.5, 0.6) is 0 Å². The quantitative estimate of drug-likeness (QED) is 0.629. The summed E-state index contributed by atoms with van der Waals surface area (Å²) in [7, 11) is -2.72. The fourth-order valence-electron chi connectivity index (χ4n) is 3.59. The maximum Gasteiger partial charge on any atom is 0.519 e. The first kappa shape index (κ1) is 19.6. The van der Waals surface area contributed by atoms with Gasteiger partial charge in [0.25, 0.3) is 0 Å². The van der Waals surface area contributed by atoms with E-state index in [0.29, 0.717) is 19.8 Å². The molecule has 0 bridgehead atoms. The van der Waals surface area contributed by atoms with Gasteiger partial charge in [-0.15, -0.1) is 0 Å². The summed E-state index contributed by atoms with van der Waals surface area (Å²) in [6.45, 7) is 10.1. The topological polar surface area (TPSA) is 30.9 Å². The molecule has 0 N–H and O–H groups in total. The van der Waals surface area contributed by atoms with Crippen LogP contribution in [0.2, 0.25) is 0 Å². The van der Waals surface area contributed by atoms with Crippen LogP contribution < -0.4 is 0 Å². The molecule has 1 aromatic rings. The summed E-state index contributed by atoms with van der Waals surface area (Å²) >= 11 is 0. The molecule has 1 unspecified atom stereocenters. The molecule has 1 fully saturated rings. The zero-order valence-corrected chi connectivity index (χ0v) is 16.5. The van der Waals surface area contributed by atoms with E-state index in [1.807, 2.05) is 20.8 Å². The molecule has 1 heterocycles. The zero-order valence-electron chi connectivity index (χ0n) is 15.5. The van der Waals surface area contributed by atoms with Crippen molar-refractivity contribution in [2.75, 3.05) is 26.4 Å². The van der Waals surface area contributed by atoms with Gasteiger partial charge in [0.15, 0.2) is 0 Å². The van der Waals surface area contributed by atoms with E-state index < -0.39 is 8.80 Å². The Hall–Kier alpha value is -0.723. The minimum absolute atomic E-state index is 0.250. The van der Waals surface area contributed by atoms with Gasteiger partial charge in [-0.2, -0.15) is 0 Å². The molecule has 0 spiro atoms. The molecule has 1 aliphatic heterocycles. The lowest BCUT2D eigenvalue weighted by atomic mass is 10.2. The third-order valence-corrected chi connectivity index (χ3v) is 8.08. The van der Waals surface area contributed by atoms with Gasteiger partial charge in [0, 0.05) is 26.4 Å². The van der Waals surface area contributed by atoms with E-state index >= 15 is 0 Å². The number of benzene rings is 1. The molecule has 24 heavy (non-hydrogen) atoms. The van der Waals surface area contributed by atoms with E-state index in [0.717, 1.165) is 19.5 Å². The van der Waals surface area contributed by atoms with Crippen LogP contribution in [0, 0.1) is 0 Å². The summed E-state index contributed by atoms with van der Waals surface area (Å²) in [4.78, 5) is 2.55. The summed E-state index contributed by atoms with van der Waals surface area (Å²) in [6.07, 6.45) is 4.83. The summed E-state index contributed by atoms with van der Waals surface area (Å²) in [5, 5.41) is 0. The molecule has 0 aliphatic carbocycles. The molecule has 4 nitrogen and oxygen atoms in total. The van der Waals surface area contributed by atoms with Crippen molar-refractivity contribution >= 4 is 8.80 Å². The van der Waals surface area contributed by atoms with E-state index in [2.05, 4.69) is 35.2 Å². The highest BCUT2D eigenvalue weighted by atomic mass is 28.4. The largest absolute Gasteiger partial charge is 0.519 e.